The van der Waals surface area contributed by atoms with Crippen molar-refractivity contribution in [1.82, 2.24) is 10.2 Å². The van der Waals surface area contributed by atoms with E-state index in [9.17, 15) is 9.59 Å². The quantitative estimate of drug-likeness (QED) is 0.281. The first-order chi connectivity index (χ1) is 17.9. The highest BCUT2D eigenvalue weighted by Crippen LogP contribution is 2.25. The Morgan fingerprint density at radius 1 is 0.838 bits per heavy atom. The van der Waals surface area contributed by atoms with E-state index in [1.165, 1.54) is 0 Å². The first kappa shape index (κ1) is 26.2. The number of benzene rings is 4. The lowest BCUT2D eigenvalue weighted by atomic mass is 10.0. The molecule has 4 rings (SSSR count). The van der Waals surface area contributed by atoms with E-state index >= 15 is 0 Å². The first-order valence-corrected chi connectivity index (χ1v) is 12.8. The fraction of sp³-hybridized carbons (Fsp3) is 0.226. The highest BCUT2D eigenvalue weighted by Gasteiger charge is 2.31. The molecule has 0 aliphatic heterocycles. The summed E-state index contributed by atoms with van der Waals surface area (Å²) in [4.78, 5) is 28.8. The molecule has 0 spiro atoms. The van der Waals surface area contributed by atoms with Crippen LogP contribution in [0.15, 0.2) is 97.1 Å². The van der Waals surface area contributed by atoms with Gasteiger partial charge >= 0.3 is 0 Å². The smallest absolute Gasteiger partial charge is 0.261 e. The summed E-state index contributed by atoms with van der Waals surface area (Å²) in [5, 5.41) is 5.57. The normalized spacial score (nSPS) is 11.8. The SMILES string of the molecule is CC(C)NC(=O)[C@@H](Cc1ccccc1)N(Cc1ccc(Cl)cc1)C(=O)COc1cccc2ccccc12. The van der Waals surface area contributed by atoms with E-state index in [1.807, 2.05) is 98.8 Å². The molecular formula is C31H31ClN2O3. The number of hydrogen-bond donors (Lipinski definition) is 1. The van der Waals surface area contributed by atoms with Crippen molar-refractivity contribution in [3.63, 3.8) is 0 Å². The Balaban J connectivity index is 1.64. The van der Waals surface area contributed by atoms with Crippen molar-refractivity contribution >= 4 is 34.2 Å². The maximum Gasteiger partial charge on any atom is 0.261 e. The van der Waals surface area contributed by atoms with E-state index in [1.54, 1.807) is 17.0 Å². The number of nitrogens with one attached hydrogen (secondary N) is 1. The van der Waals surface area contributed by atoms with E-state index in [0.29, 0.717) is 17.2 Å². The third-order valence-corrected chi connectivity index (χ3v) is 6.32. The monoisotopic (exact) mass is 514 g/mol. The lowest BCUT2D eigenvalue weighted by molar-refractivity contribution is -0.143. The van der Waals surface area contributed by atoms with E-state index in [2.05, 4.69) is 5.32 Å². The summed E-state index contributed by atoms with van der Waals surface area (Å²) in [7, 11) is 0. The second-order valence-corrected chi connectivity index (χ2v) is 9.72. The maximum atomic E-state index is 13.7. The van der Waals surface area contributed by atoms with Crippen molar-refractivity contribution in [3.05, 3.63) is 113 Å². The summed E-state index contributed by atoms with van der Waals surface area (Å²) in [6, 6.07) is 29.9. The molecule has 0 bridgehead atoms. The van der Waals surface area contributed by atoms with Gasteiger partial charge in [0.2, 0.25) is 5.91 Å². The van der Waals surface area contributed by atoms with Crippen LogP contribution in [0.5, 0.6) is 5.75 Å². The van der Waals surface area contributed by atoms with Crippen molar-refractivity contribution in [3.8, 4) is 5.75 Å². The zero-order valence-corrected chi connectivity index (χ0v) is 21.8. The molecule has 0 aliphatic carbocycles. The van der Waals surface area contributed by atoms with Crippen LogP contribution in [0.1, 0.15) is 25.0 Å². The molecule has 0 unspecified atom stereocenters. The average Bonchev–Trinajstić information content (AvgIpc) is 2.90. The van der Waals surface area contributed by atoms with E-state index in [-0.39, 0.29) is 31.0 Å². The van der Waals surface area contributed by atoms with Gasteiger partial charge in [0.05, 0.1) is 0 Å². The van der Waals surface area contributed by atoms with Gasteiger partial charge in [-0.05, 0) is 48.6 Å². The van der Waals surface area contributed by atoms with Crippen LogP contribution in [0.25, 0.3) is 10.8 Å². The van der Waals surface area contributed by atoms with Crippen molar-refractivity contribution < 1.29 is 14.3 Å². The van der Waals surface area contributed by atoms with Crippen molar-refractivity contribution in [2.75, 3.05) is 6.61 Å². The van der Waals surface area contributed by atoms with Gasteiger partial charge in [-0.15, -0.1) is 0 Å². The van der Waals surface area contributed by atoms with Crippen LogP contribution in [0.3, 0.4) is 0 Å². The largest absolute Gasteiger partial charge is 0.483 e. The number of ether oxygens (including phenoxy) is 1. The lowest BCUT2D eigenvalue weighted by Crippen LogP contribution is -2.52. The topological polar surface area (TPSA) is 58.6 Å². The summed E-state index contributed by atoms with van der Waals surface area (Å²) in [5.41, 5.74) is 1.84. The molecule has 37 heavy (non-hydrogen) atoms. The molecule has 0 saturated carbocycles. The van der Waals surface area contributed by atoms with Gasteiger partial charge in [-0.1, -0.05) is 90.5 Å². The molecule has 0 aliphatic rings. The molecule has 2 amide bonds. The minimum absolute atomic E-state index is 0.0646. The van der Waals surface area contributed by atoms with Crippen molar-refractivity contribution in [2.45, 2.75) is 38.9 Å². The summed E-state index contributed by atoms with van der Waals surface area (Å²) < 4.78 is 6.04. The molecule has 190 valence electrons. The van der Waals surface area contributed by atoms with Gasteiger partial charge < -0.3 is 15.0 Å². The highest BCUT2D eigenvalue weighted by molar-refractivity contribution is 6.30. The number of carbonyl (C=O) groups is 2. The Labute approximate surface area is 223 Å². The van der Waals surface area contributed by atoms with Crippen LogP contribution in [0.2, 0.25) is 5.02 Å². The third kappa shape index (κ3) is 7.11. The standard InChI is InChI=1S/C31H31ClN2O3/c1-22(2)33-31(36)28(19-23-9-4-3-5-10-23)34(20-24-15-17-26(32)18-16-24)30(35)21-37-29-14-8-12-25-11-6-7-13-27(25)29/h3-18,22,28H,19-21H2,1-2H3,(H,33,36)/t28-/m1/s1. The molecule has 5 nitrogen and oxygen atoms in total. The Kier molecular flexibility index (Phi) is 8.81. The molecule has 1 N–H and O–H groups in total. The van der Waals surface area contributed by atoms with Gasteiger partial charge in [-0.25, -0.2) is 0 Å². The van der Waals surface area contributed by atoms with Gasteiger partial charge in [0.15, 0.2) is 6.61 Å². The summed E-state index contributed by atoms with van der Waals surface area (Å²) in [6.45, 7) is 3.87. The van der Waals surface area contributed by atoms with Gasteiger partial charge in [0.25, 0.3) is 5.91 Å². The molecule has 0 saturated heterocycles. The zero-order chi connectivity index (χ0) is 26.2. The van der Waals surface area contributed by atoms with Crippen LogP contribution in [-0.2, 0) is 22.6 Å². The lowest BCUT2D eigenvalue weighted by Gasteiger charge is -2.32. The molecule has 0 fully saturated rings. The predicted molar refractivity (Wildman–Crippen MR) is 149 cm³/mol. The molecular weight excluding hydrogens is 484 g/mol. The van der Waals surface area contributed by atoms with Crippen LogP contribution < -0.4 is 10.1 Å². The summed E-state index contributed by atoms with van der Waals surface area (Å²) >= 11 is 6.09. The predicted octanol–water partition coefficient (Wildman–Crippen LogP) is 6.04. The molecule has 4 aromatic rings. The summed E-state index contributed by atoms with van der Waals surface area (Å²) in [5.74, 6) is 0.151. The van der Waals surface area contributed by atoms with E-state index in [4.69, 9.17) is 16.3 Å². The van der Waals surface area contributed by atoms with Gasteiger partial charge in [0, 0.05) is 29.4 Å². The number of hydrogen-bond acceptors (Lipinski definition) is 3. The molecule has 1 atom stereocenters. The average molecular weight is 515 g/mol. The second kappa shape index (κ2) is 12.4. The first-order valence-electron chi connectivity index (χ1n) is 12.4. The van der Waals surface area contributed by atoms with Crippen LogP contribution in [-0.4, -0.2) is 35.4 Å². The Hall–Kier alpha value is -3.83. The zero-order valence-electron chi connectivity index (χ0n) is 21.1. The number of amides is 2. The molecule has 6 heteroatoms. The molecule has 0 heterocycles. The Bertz CT molecular complexity index is 1330. The van der Waals surface area contributed by atoms with Gasteiger partial charge in [-0.3, -0.25) is 9.59 Å². The number of fused-ring (bicyclic) bond motifs is 1. The van der Waals surface area contributed by atoms with Crippen molar-refractivity contribution in [2.24, 2.45) is 0 Å². The van der Waals surface area contributed by atoms with E-state index < -0.39 is 6.04 Å². The van der Waals surface area contributed by atoms with Crippen LogP contribution in [0.4, 0.5) is 0 Å². The number of carbonyl (C=O) groups excluding carboxylic acids is 2. The Morgan fingerprint density at radius 3 is 2.24 bits per heavy atom. The maximum absolute atomic E-state index is 13.7. The molecule has 4 aromatic carbocycles. The molecule has 0 radical (unpaired) electrons. The fourth-order valence-electron chi connectivity index (χ4n) is 4.27. The van der Waals surface area contributed by atoms with Gasteiger partial charge in [-0.2, -0.15) is 0 Å². The third-order valence-electron chi connectivity index (χ3n) is 6.07. The summed E-state index contributed by atoms with van der Waals surface area (Å²) in [6.07, 6.45) is 0.382. The Morgan fingerprint density at radius 2 is 1.51 bits per heavy atom. The van der Waals surface area contributed by atoms with Crippen LogP contribution >= 0.6 is 11.6 Å². The number of rotatable bonds is 10. The second-order valence-electron chi connectivity index (χ2n) is 9.28. The van der Waals surface area contributed by atoms with Crippen LogP contribution in [0, 0.1) is 0 Å². The number of halogens is 1. The minimum atomic E-state index is -0.718. The highest BCUT2D eigenvalue weighted by atomic mass is 35.5. The minimum Gasteiger partial charge on any atom is -0.483 e. The molecule has 0 aromatic heterocycles. The van der Waals surface area contributed by atoms with E-state index in [0.717, 1.165) is 21.9 Å². The number of nitrogens with zero attached hydrogens (tertiary/aromatic N) is 1. The van der Waals surface area contributed by atoms with Gasteiger partial charge in [0.1, 0.15) is 11.8 Å². The fourth-order valence-corrected chi connectivity index (χ4v) is 4.39. The van der Waals surface area contributed by atoms with Crippen molar-refractivity contribution in [1.29, 1.82) is 0 Å².